The van der Waals surface area contributed by atoms with Gasteiger partial charge in [0, 0.05) is 32.9 Å². The smallest absolute Gasteiger partial charge is 0.244 e. The van der Waals surface area contributed by atoms with E-state index >= 15 is 0 Å². The molecule has 1 heterocycles. The summed E-state index contributed by atoms with van der Waals surface area (Å²) in [6.07, 6.45) is 1.92. The molecule has 2 aromatic carbocycles. The topological polar surface area (TPSA) is 60.0 Å². The van der Waals surface area contributed by atoms with Gasteiger partial charge in [0.2, 0.25) is 5.91 Å². The summed E-state index contributed by atoms with van der Waals surface area (Å²) < 4.78 is 2.95. The van der Waals surface area contributed by atoms with Crippen LogP contribution in [0.4, 0.5) is 11.4 Å². The van der Waals surface area contributed by atoms with Crippen LogP contribution in [0.3, 0.4) is 0 Å². The van der Waals surface area contributed by atoms with E-state index in [1.54, 1.807) is 24.3 Å². The van der Waals surface area contributed by atoms with Gasteiger partial charge in [-0.05, 0) is 48.5 Å². The van der Waals surface area contributed by atoms with Crippen LogP contribution in [0.25, 0.3) is 10.9 Å². The number of carbonyl (C=O) groups is 1. The molecule has 3 N–H and O–H groups in total. The normalized spacial score (nSPS) is 10.7. The number of nitrogens with one attached hydrogen (secondary N) is 1. The Bertz CT molecular complexity index is 793. The van der Waals surface area contributed by atoms with Gasteiger partial charge in [-0.1, -0.05) is 15.9 Å². The number of anilines is 2. The molecule has 0 saturated heterocycles. The monoisotopic (exact) mass is 343 g/mol. The lowest BCUT2D eigenvalue weighted by atomic mass is 10.2. The second kappa shape index (κ2) is 5.61. The van der Waals surface area contributed by atoms with Crippen molar-refractivity contribution in [2.24, 2.45) is 0 Å². The number of carbonyl (C=O) groups excluding carboxylic acids is 1. The molecule has 21 heavy (non-hydrogen) atoms. The fourth-order valence-corrected chi connectivity index (χ4v) is 2.61. The third-order valence-electron chi connectivity index (χ3n) is 3.24. The van der Waals surface area contributed by atoms with E-state index in [2.05, 4.69) is 21.2 Å². The third-order valence-corrected chi connectivity index (χ3v) is 3.73. The van der Waals surface area contributed by atoms with Crippen molar-refractivity contribution in [3.05, 3.63) is 59.2 Å². The first-order valence-corrected chi connectivity index (χ1v) is 7.31. The molecule has 5 heteroatoms. The molecular weight excluding hydrogens is 330 g/mol. The number of amides is 1. The Morgan fingerprint density at radius 2 is 1.90 bits per heavy atom. The lowest BCUT2D eigenvalue weighted by Gasteiger charge is -2.08. The number of hydrogen-bond acceptors (Lipinski definition) is 2. The number of benzene rings is 2. The average Bonchev–Trinajstić information content (AvgIpc) is 2.83. The van der Waals surface area contributed by atoms with E-state index in [-0.39, 0.29) is 12.5 Å². The molecule has 1 aromatic heterocycles. The number of aromatic nitrogens is 1. The second-order valence-corrected chi connectivity index (χ2v) is 5.73. The van der Waals surface area contributed by atoms with Gasteiger partial charge in [-0.3, -0.25) is 4.79 Å². The number of hydrogen-bond donors (Lipinski definition) is 2. The highest BCUT2D eigenvalue weighted by atomic mass is 79.9. The van der Waals surface area contributed by atoms with E-state index in [4.69, 9.17) is 5.73 Å². The summed E-state index contributed by atoms with van der Waals surface area (Å²) in [5.41, 5.74) is 8.07. The zero-order valence-corrected chi connectivity index (χ0v) is 12.8. The molecule has 0 aliphatic rings. The van der Waals surface area contributed by atoms with Crippen molar-refractivity contribution in [1.29, 1.82) is 0 Å². The Balaban J connectivity index is 1.75. The molecule has 0 aliphatic carbocycles. The molecule has 0 bridgehead atoms. The molecule has 1 amide bonds. The quantitative estimate of drug-likeness (QED) is 0.713. The van der Waals surface area contributed by atoms with Crippen molar-refractivity contribution in [2.45, 2.75) is 6.54 Å². The van der Waals surface area contributed by atoms with Crippen molar-refractivity contribution < 1.29 is 4.79 Å². The predicted octanol–water partition coefficient (Wildman–Crippen LogP) is 3.62. The first-order valence-electron chi connectivity index (χ1n) is 6.51. The Morgan fingerprint density at radius 1 is 1.14 bits per heavy atom. The zero-order valence-electron chi connectivity index (χ0n) is 11.2. The lowest BCUT2D eigenvalue weighted by molar-refractivity contribution is -0.116. The van der Waals surface area contributed by atoms with Gasteiger partial charge in [0.25, 0.3) is 0 Å². The van der Waals surface area contributed by atoms with Crippen molar-refractivity contribution in [1.82, 2.24) is 4.57 Å². The molecule has 3 rings (SSSR count). The van der Waals surface area contributed by atoms with Crippen LogP contribution in [0.15, 0.2) is 59.2 Å². The van der Waals surface area contributed by atoms with E-state index in [0.29, 0.717) is 5.69 Å². The van der Waals surface area contributed by atoms with Gasteiger partial charge in [-0.2, -0.15) is 0 Å². The molecule has 0 aliphatic heterocycles. The summed E-state index contributed by atoms with van der Waals surface area (Å²) in [6.45, 7) is 0.273. The van der Waals surface area contributed by atoms with Crippen LogP contribution in [-0.4, -0.2) is 10.5 Å². The van der Waals surface area contributed by atoms with Gasteiger partial charge < -0.3 is 15.6 Å². The molecule has 0 spiro atoms. The molecular formula is C16H14BrN3O. The molecule has 4 nitrogen and oxygen atoms in total. The predicted molar refractivity (Wildman–Crippen MR) is 89.1 cm³/mol. The number of nitrogens with zero attached hydrogens (tertiary/aromatic N) is 1. The lowest BCUT2D eigenvalue weighted by Crippen LogP contribution is -2.18. The van der Waals surface area contributed by atoms with Crippen LogP contribution < -0.4 is 11.1 Å². The first kappa shape index (κ1) is 13.7. The highest BCUT2D eigenvalue weighted by Gasteiger charge is 2.07. The number of fused-ring (bicyclic) bond motifs is 1. The van der Waals surface area contributed by atoms with Gasteiger partial charge in [-0.25, -0.2) is 0 Å². The van der Waals surface area contributed by atoms with E-state index < -0.39 is 0 Å². The molecule has 0 fully saturated rings. The number of halogens is 1. The van der Waals surface area contributed by atoms with Crippen LogP contribution >= 0.6 is 15.9 Å². The van der Waals surface area contributed by atoms with Crippen LogP contribution in [0.1, 0.15) is 0 Å². The Labute approximate surface area is 130 Å². The van der Waals surface area contributed by atoms with Crippen LogP contribution in [0.5, 0.6) is 0 Å². The van der Waals surface area contributed by atoms with Gasteiger partial charge >= 0.3 is 0 Å². The maximum atomic E-state index is 12.1. The third kappa shape index (κ3) is 3.08. The van der Waals surface area contributed by atoms with E-state index in [9.17, 15) is 4.79 Å². The standard InChI is InChI=1S/C16H14BrN3O/c17-12-1-6-15-11(9-12)7-8-20(15)10-16(21)19-14-4-2-13(18)3-5-14/h1-9H,10,18H2,(H,19,21). The van der Waals surface area contributed by atoms with E-state index in [1.165, 1.54) is 0 Å². The molecule has 0 radical (unpaired) electrons. The molecule has 0 atom stereocenters. The van der Waals surface area contributed by atoms with Crippen molar-refractivity contribution in [2.75, 3.05) is 11.1 Å². The zero-order chi connectivity index (χ0) is 14.8. The summed E-state index contributed by atoms with van der Waals surface area (Å²) >= 11 is 3.44. The molecule has 0 unspecified atom stereocenters. The summed E-state index contributed by atoms with van der Waals surface area (Å²) in [4.78, 5) is 12.1. The maximum absolute atomic E-state index is 12.1. The minimum Gasteiger partial charge on any atom is -0.399 e. The van der Waals surface area contributed by atoms with Crippen molar-refractivity contribution in [3.63, 3.8) is 0 Å². The number of nitrogen functional groups attached to an aromatic ring is 1. The van der Waals surface area contributed by atoms with Gasteiger partial charge in [0.1, 0.15) is 6.54 Å². The minimum atomic E-state index is -0.0693. The summed E-state index contributed by atoms with van der Waals surface area (Å²) in [5, 5.41) is 3.96. The summed E-state index contributed by atoms with van der Waals surface area (Å²) in [5.74, 6) is -0.0693. The number of nitrogens with two attached hydrogens (primary N) is 1. The second-order valence-electron chi connectivity index (χ2n) is 4.82. The Morgan fingerprint density at radius 3 is 2.67 bits per heavy atom. The number of rotatable bonds is 3. The molecule has 3 aromatic rings. The highest BCUT2D eigenvalue weighted by Crippen LogP contribution is 2.21. The maximum Gasteiger partial charge on any atom is 0.244 e. The minimum absolute atomic E-state index is 0.0693. The van der Waals surface area contributed by atoms with Gasteiger partial charge in [0.05, 0.1) is 0 Å². The van der Waals surface area contributed by atoms with Crippen LogP contribution in [-0.2, 0) is 11.3 Å². The van der Waals surface area contributed by atoms with Crippen LogP contribution in [0, 0.1) is 0 Å². The molecule has 106 valence electrons. The fourth-order valence-electron chi connectivity index (χ4n) is 2.23. The Hall–Kier alpha value is -2.27. The first-order chi connectivity index (χ1) is 10.1. The average molecular weight is 344 g/mol. The van der Waals surface area contributed by atoms with Gasteiger partial charge in [-0.15, -0.1) is 0 Å². The SMILES string of the molecule is Nc1ccc(NC(=O)Cn2ccc3cc(Br)ccc32)cc1. The van der Waals surface area contributed by atoms with Crippen LogP contribution in [0.2, 0.25) is 0 Å². The largest absolute Gasteiger partial charge is 0.399 e. The highest BCUT2D eigenvalue weighted by molar-refractivity contribution is 9.10. The summed E-state index contributed by atoms with van der Waals surface area (Å²) in [7, 11) is 0. The van der Waals surface area contributed by atoms with E-state index in [1.807, 2.05) is 35.0 Å². The Kier molecular flexibility index (Phi) is 3.66. The van der Waals surface area contributed by atoms with Crippen molar-refractivity contribution >= 4 is 44.1 Å². The van der Waals surface area contributed by atoms with Gasteiger partial charge in [0.15, 0.2) is 0 Å². The van der Waals surface area contributed by atoms with Crippen molar-refractivity contribution in [3.8, 4) is 0 Å². The van der Waals surface area contributed by atoms with E-state index in [0.717, 1.165) is 21.1 Å². The fraction of sp³-hybridized carbons (Fsp3) is 0.0625. The molecule has 0 saturated carbocycles. The summed E-state index contributed by atoms with van der Waals surface area (Å²) in [6, 6.07) is 15.1.